The molecule has 0 saturated heterocycles. The number of aryl methyl sites for hydroxylation is 1. The van der Waals surface area contributed by atoms with Gasteiger partial charge in [0.05, 0.1) is 12.7 Å². The molecule has 0 unspecified atom stereocenters. The van der Waals surface area contributed by atoms with Crippen molar-refractivity contribution in [3.63, 3.8) is 0 Å². The van der Waals surface area contributed by atoms with E-state index in [4.69, 9.17) is 16.0 Å². The maximum atomic E-state index is 12.5. The van der Waals surface area contributed by atoms with Crippen LogP contribution in [0.3, 0.4) is 0 Å². The second-order valence-electron chi connectivity index (χ2n) is 6.29. The van der Waals surface area contributed by atoms with Gasteiger partial charge >= 0.3 is 0 Å². The number of nitrogens with one attached hydrogen (secondary N) is 1. The summed E-state index contributed by atoms with van der Waals surface area (Å²) in [7, 11) is 0. The maximum absolute atomic E-state index is 12.5. The van der Waals surface area contributed by atoms with Gasteiger partial charge < -0.3 is 14.6 Å². The summed E-state index contributed by atoms with van der Waals surface area (Å²) in [6.45, 7) is 5.24. The quantitative estimate of drug-likeness (QED) is 0.670. The molecule has 146 valence electrons. The highest BCUT2D eigenvalue weighted by atomic mass is 35.5. The Hall–Kier alpha value is -2.34. The Labute approximate surface area is 164 Å². The molecule has 0 aliphatic heterocycles. The zero-order valence-corrected chi connectivity index (χ0v) is 16.6. The first-order chi connectivity index (χ1) is 13.0. The molecule has 0 spiro atoms. The number of rotatable bonds is 10. The first-order valence-electron chi connectivity index (χ1n) is 9.28. The van der Waals surface area contributed by atoms with Crippen LogP contribution >= 0.6 is 11.6 Å². The van der Waals surface area contributed by atoms with Gasteiger partial charge in [0.15, 0.2) is 11.7 Å². The second kappa shape index (κ2) is 10.7. The van der Waals surface area contributed by atoms with Crippen LogP contribution in [0.25, 0.3) is 11.3 Å². The number of benzene rings is 1. The van der Waals surface area contributed by atoms with E-state index < -0.39 is 0 Å². The summed E-state index contributed by atoms with van der Waals surface area (Å²) in [5.74, 6) is 0.938. The van der Waals surface area contributed by atoms with Gasteiger partial charge in [0.2, 0.25) is 11.8 Å². The Balaban J connectivity index is 1.90. The van der Waals surface area contributed by atoms with Crippen LogP contribution in [-0.4, -0.2) is 41.3 Å². The first kappa shape index (κ1) is 21.0. The van der Waals surface area contributed by atoms with Crippen LogP contribution < -0.4 is 5.32 Å². The normalized spacial score (nSPS) is 10.6. The fourth-order valence-corrected chi connectivity index (χ4v) is 2.73. The Bertz CT molecular complexity index is 743. The summed E-state index contributed by atoms with van der Waals surface area (Å²) in [5.41, 5.74) is 0.879. The van der Waals surface area contributed by atoms with E-state index in [0.717, 1.165) is 18.4 Å². The fraction of sp³-hybridized carbons (Fsp3) is 0.450. The third kappa shape index (κ3) is 6.71. The second-order valence-corrected chi connectivity index (χ2v) is 6.73. The molecule has 0 fully saturated rings. The summed E-state index contributed by atoms with van der Waals surface area (Å²) in [5, 5.41) is 3.46. The van der Waals surface area contributed by atoms with Crippen molar-refractivity contribution in [2.75, 3.05) is 19.6 Å². The van der Waals surface area contributed by atoms with E-state index in [1.165, 1.54) is 0 Å². The van der Waals surface area contributed by atoms with E-state index in [1.54, 1.807) is 23.2 Å². The molecule has 0 radical (unpaired) electrons. The topological polar surface area (TPSA) is 75.4 Å². The molecule has 0 atom stereocenters. The molecule has 2 aromatic rings. The molecule has 0 bridgehead atoms. The fourth-order valence-electron chi connectivity index (χ4n) is 2.60. The van der Waals surface area contributed by atoms with E-state index in [-0.39, 0.29) is 24.8 Å². The van der Waals surface area contributed by atoms with Crippen molar-refractivity contribution in [3.8, 4) is 11.3 Å². The van der Waals surface area contributed by atoms with Crippen molar-refractivity contribution >= 4 is 23.4 Å². The van der Waals surface area contributed by atoms with Gasteiger partial charge in [-0.2, -0.15) is 0 Å². The van der Waals surface area contributed by atoms with Crippen molar-refractivity contribution in [3.05, 3.63) is 41.4 Å². The number of aromatic nitrogens is 1. The van der Waals surface area contributed by atoms with Crippen LogP contribution in [-0.2, 0) is 16.0 Å². The van der Waals surface area contributed by atoms with Crippen LogP contribution in [0.2, 0.25) is 5.02 Å². The largest absolute Gasteiger partial charge is 0.441 e. The van der Waals surface area contributed by atoms with Crippen molar-refractivity contribution in [1.82, 2.24) is 15.2 Å². The van der Waals surface area contributed by atoms with Gasteiger partial charge in [-0.25, -0.2) is 4.98 Å². The van der Waals surface area contributed by atoms with Gasteiger partial charge in [-0.15, -0.1) is 0 Å². The van der Waals surface area contributed by atoms with Crippen LogP contribution in [0.15, 0.2) is 34.9 Å². The highest BCUT2D eigenvalue weighted by molar-refractivity contribution is 6.30. The molecular formula is C20H26ClN3O3. The number of amides is 2. The molecule has 1 aromatic carbocycles. The highest BCUT2D eigenvalue weighted by Gasteiger charge is 2.17. The maximum Gasteiger partial charge on any atom is 0.239 e. The molecule has 2 amide bonds. The van der Waals surface area contributed by atoms with E-state index in [2.05, 4.69) is 10.3 Å². The predicted molar refractivity (Wildman–Crippen MR) is 105 cm³/mol. The summed E-state index contributed by atoms with van der Waals surface area (Å²) < 4.78 is 5.73. The standard InChI is InChI=1S/C20H26ClN3O3/c1-3-11-22-18(25)14-24(12-4-2)20(26)10-9-19-23-13-17(27-19)15-5-7-16(21)8-6-15/h5-8,13H,3-4,9-12,14H2,1-2H3,(H,22,25). The zero-order chi connectivity index (χ0) is 19.6. The molecule has 0 aliphatic rings. The average molecular weight is 392 g/mol. The van der Waals surface area contributed by atoms with Crippen LogP contribution in [0.5, 0.6) is 0 Å². The molecule has 27 heavy (non-hydrogen) atoms. The van der Waals surface area contributed by atoms with Crippen molar-refractivity contribution in [1.29, 1.82) is 0 Å². The molecule has 1 heterocycles. The van der Waals surface area contributed by atoms with Crippen molar-refractivity contribution in [2.24, 2.45) is 0 Å². The highest BCUT2D eigenvalue weighted by Crippen LogP contribution is 2.22. The predicted octanol–water partition coefficient (Wildman–Crippen LogP) is 3.69. The Kier molecular flexibility index (Phi) is 8.33. The Morgan fingerprint density at radius 1 is 1.19 bits per heavy atom. The van der Waals surface area contributed by atoms with Crippen LogP contribution in [0, 0.1) is 0 Å². The summed E-state index contributed by atoms with van der Waals surface area (Å²) in [6.07, 6.45) is 3.95. The number of hydrogen-bond acceptors (Lipinski definition) is 4. The number of hydrogen-bond donors (Lipinski definition) is 1. The lowest BCUT2D eigenvalue weighted by atomic mass is 10.2. The molecule has 0 aliphatic carbocycles. The Morgan fingerprint density at radius 2 is 1.93 bits per heavy atom. The minimum absolute atomic E-state index is 0.0743. The third-order valence-electron chi connectivity index (χ3n) is 3.99. The molecule has 0 saturated carbocycles. The van der Waals surface area contributed by atoms with Crippen LogP contribution in [0.4, 0.5) is 0 Å². The number of oxazole rings is 1. The lowest BCUT2D eigenvalue weighted by Gasteiger charge is -2.21. The molecule has 7 heteroatoms. The first-order valence-corrected chi connectivity index (χ1v) is 9.66. The molecular weight excluding hydrogens is 366 g/mol. The van der Waals surface area contributed by atoms with Crippen LogP contribution in [0.1, 0.15) is 39.0 Å². The molecule has 6 nitrogen and oxygen atoms in total. The van der Waals surface area contributed by atoms with E-state index in [1.807, 2.05) is 26.0 Å². The summed E-state index contributed by atoms with van der Waals surface area (Å²) in [6, 6.07) is 7.29. The van der Waals surface area contributed by atoms with Gasteiger partial charge in [0, 0.05) is 36.5 Å². The van der Waals surface area contributed by atoms with E-state index in [9.17, 15) is 9.59 Å². The summed E-state index contributed by atoms with van der Waals surface area (Å²) >= 11 is 5.89. The van der Waals surface area contributed by atoms with Gasteiger partial charge in [0.1, 0.15) is 0 Å². The van der Waals surface area contributed by atoms with Gasteiger partial charge in [0.25, 0.3) is 0 Å². The number of carbonyl (C=O) groups excluding carboxylic acids is 2. The molecule has 1 N–H and O–H groups in total. The Morgan fingerprint density at radius 3 is 2.59 bits per heavy atom. The molecule has 2 rings (SSSR count). The van der Waals surface area contributed by atoms with E-state index in [0.29, 0.717) is 36.2 Å². The van der Waals surface area contributed by atoms with Gasteiger partial charge in [-0.3, -0.25) is 9.59 Å². The SMILES string of the molecule is CCCNC(=O)CN(CCC)C(=O)CCc1ncc(-c2ccc(Cl)cc2)o1. The number of carbonyl (C=O) groups is 2. The minimum atomic E-state index is -0.125. The monoisotopic (exact) mass is 391 g/mol. The lowest BCUT2D eigenvalue weighted by Crippen LogP contribution is -2.41. The zero-order valence-electron chi connectivity index (χ0n) is 15.8. The van der Waals surface area contributed by atoms with Gasteiger partial charge in [-0.05, 0) is 37.1 Å². The van der Waals surface area contributed by atoms with E-state index >= 15 is 0 Å². The third-order valence-corrected chi connectivity index (χ3v) is 4.24. The molecule has 1 aromatic heterocycles. The van der Waals surface area contributed by atoms with Crippen molar-refractivity contribution in [2.45, 2.75) is 39.5 Å². The minimum Gasteiger partial charge on any atom is -0.441 e. The lowest BCUT2D eigenvalue weighted by molar-refractivity contribution is -0.136. The summed E-state index contributed by atoms with van der Waals surface area (Å²) in [4.78, 5) is 30.2. The number of nitrogens with zero attached hydrogens (tertiary/aromatic N) is 2. The smallest absolute Gasteiger partial charge is 0.239 e. The average Bonchev–Trinajstić information content (AvgIpc) is 3.13. The van der Waals surface area contributed by atoms with Gasteiger partial charge in [-0.1, -0.05) is 25.4 Å². The number of halogens is 1. The van der Waals surface area contributed by atoms with Crippen molar-refractivity contribution < 1.29 is 14.0 Å².